The number of amides is 1. The molecule has 1 aromatic heterocycles. The van der Waals surface area contributed by atoms with Crippen molar-refractivity contribution in [1.29, 1.82) is 0 Å². The molecule has 0 saturated heterocycles. The number of thioether (sulfide) groups is 1. The van der Waals surface area contributed by atoms with Gasteiger partial charge in [-0.3, -0.25) is 4.79 Å². The molecule has 28 heavy (non-hydrogen) atoms. The standard InChI is InChI=1S/C20H20ClN5OS/c1-11-4-5-12(2)16(10-11)22-19(27)18-17(14-6-8-15(21)9-7-14)25-26-13(3)23-24-20(26)28-18/h4-10,17-18,25H,1-3H3,(H,22,27). The fourth-order valence-electron chi connectivity index (χ4n) is 3.16. The Morgan fingerprint density at radius 3 is 2.64 bits per heavy atom. The summed E-state index contributed by atoms with van der Waals surface area (Å²) in [7, 11) is 0. The van der Waals surface area contributed by atoms with Crippen LogP contribution >= 0.6 is 23.4 Å². The molecule has 3 aromatic rings. The van der Waals surface area contributed by atoms with Gasteiger partial charge >= 0.3 is 0 Å². The van der Waals surface area contributed by atoms with E-state index in [0.29, 0.717) is 10.2 Å². The Morgan fingerprint density at radius 2 is 1.89 bits per heavy atom. The van der Waals surface area contributed by atoms with Crippen LogP contribution in [0.25, 0.3) is 0 Å². The minimum atomic E-state index is -0.419. The summed E-state index contributed by atoms with van der Waals surface area (Å²) in [5.74, 6) is 0.660. The van der Waals surface area contributed by atoms with Gasteiger partial charge in [-0.25, -0.2) is 4.68 Å². The van der Waals surface area contributed by atoms with Crippen molar-refractivity contribution in [3.63, 3.8) is 0 Å². The monoisotopic (exact) mass is 413 g/mol. The van der Waals surface area contributed by atoms with E-state index in [9.17, 15) is 4.79 Å². The number of hydrogen-bond acceptors (Lipinski definition) is 5. The molecule has 0 saturated carbocycles. The quantitative estimate of drug-likeness (QED) is 0.671. The molecule has 2 unspecified atom stereocenters. The molecule has 4 rings (SSSR count). The number of aryl methyl sites for hydroxylation is 3. The van der Waals surface area contributed by atoms with E-state index < -0.39 is 5.25 Å². The highest BCUT2D eigenvalue weighted by molar-refractivity contribution is 8.00. The van der Waals surface area contributed by atoms with Gasteiger partial charge in [0.15, 0.2) is 0 Å². The summed E-state index contributed by atoms with van der Waals surface area (Å²) in [6.45, 7) is 5.87. The van der Waals surface area contributed by atoms with Crippen LogP contribution in [-0.2, 0) is 4.79 Å². The van der Waals surface area contributed by atoms with Gasteiger partial charge in [0.25, 0.3) is 0 Å². The summed E-state index contributed by atoms with van der Waals surface area (Å²) < 4.78 is 1.83. The van der Waals surface area contributed by atoms with Crippen LogP contribution < -0.4 is 10.7 Å². The first-order valence-corrected chi connectivity index (χ1v) is 10.2. The molecular weight excluding hydrogens is 394 g/mol. The van der Waals surface area contributed by atoms with E-state index in [1.54, 1.807) is 0 Å². The number of anilines is 1. The van der Waals surface area contributed by atoms with Crippen molar-refractivity contribution in [2.24, 2.45) is 0 Å². The molecule has 1 aliphatic heterocycles. The van der Waals surface area contributed by atoms with Crippen LogP contribution in [0.1, 0.15) is 28.6 Å². The lowest BCUT2D eigenvalue weighted by molar-refractivity contribution is -0.116. The molecular formula is C20H20ClN5OS. The lowest BCUT2D eigenvalue weighted by atomic mass is 10.0. The van der Waals surface area contributed by atoms with Crippen LogP contribution in [0.15, 0.2) is 47.6 Å². The highest BCUT2D eigenvalue weighted by atomic mass is 35.5. The molecule has 144 valence electrons. The van der Waals surface area contributed by atoms with E-state index in [4.69, 9.17) is 11.6 Å². The Morgan fingerprint density at radius 1 is 1.14 bits per heavy atom. The Labute approximate surface area is 172 Å². The number of benzene rings is 2. The molecule has 6 nitrogen and oxygen atoms in total. The number of fused-ring (bicyclic) bond motifs is 1. The lowest BCUT2D eigenvalue weighted by Gasteiger charge is -2.33. The molecule has 0 spiro atoms. The maximum atomic E-state index is 13.2. The summed E-state index contributed by atoms with van der Waals surface area (Å²) >= 11 is 7.45. The molecule has 0 aliphatic carbocycles. The minimum absolute atomic E-state index is 0.0851. The van der Waals surface area contributed by atoms with Crippen molar-refractivity contribution in [1.82, 2.24) is 14.9 Å². The van der Waals surface area contributed by atoms with Gasteiger partial charge in [0.1, 0.15) is 11.1 Å². The number of carbonyl (C=O) groups excluding carboxylic acids is 1. The van der Waals surface area contributed by atoms with Crippen LogP contribution in [0.2, 0.25) is 5.02 Å². The molecule has 1 amide bonds. The molecule has 8 heteroatoms. The number of rotatable bonds is 3. The zero-order chi connectivity index (χ0) is 19.8. The summed E-state index contributed by atoms with van der Waals surface area (Å²) in [4.78, 5) is 13.2. The van der Waals surface area contributed by atoms with E-state index in [2.05, 4.69) is 20.9 Å². The van der Waals surface area contributed by atoms with E-state index in [1.807, 2.05) is 67.9 Å². The number of nitrogens with one attached hydrogen (secondary N) is 2. The fourth-order valence-corrected chi connectivity index (χ4v) is 4.41. The third-order valence-electron chi connectivity index (χ3n) is 4.74. The van der Waals surface area contributed by atoms with Crippen LogP contribution in [0.5, 0.6) is 0 Å². The zero-order valence-corrected chi connectivity index (χ0v) is 17.3. The second kappa shape index (κ2) is 7.48. The zero-order valence-electron chi connectivity index (χ0n) is 15.7. The minimum Gasteiger partial charge on any atom is -0.325 e. The predicted molar refractivity (Wildman–Crippen MR) is 113 cm³/mol. The van der Waals surface area contributed by atoms with Gasteiger partial charge in [0, 0.05) is 10.7 Å². The van der Waals surface area contributed by atoms with Gasteiger partial charge < -0.3 is 10.7 Å². The average molecular weight is 414 g/mol. The van der Waals surface area contributed by atoms with E-state index in [1.165, 1.54) is 11.8 Å². The lowest BCUT2D eigenvalue weighted by Crippen LogP contribution is -2.41. The normalized spacial score (nSPS) is 18.3. The molecule has 2 aromatic carbocycles. The maximum absolute atomic E-state index is 13.2. The summed E-state index contributed by atoms with van der Waals surface area (Å²) in [5, 5.41) is 12.3. The molecule has 1 aliphatic rings. The second-order valence-corrected chi connectivity index (χ2v) is 8.41. The summed E-state index contributed by atoms with van der Waals surface area (Å²) in [5.41, 5.74) is 7.30. The Bertz CT molecular complexity index is 1030. The van der Waals surface area contributed by atoms with Gasteiger partial charge in [-0.05, 0) is 55.7 Å². The number of hydrogen-bond donors (Lipinski definition) is 2. The van der Waals surface area contributed by atoms with Crippen LogP contribution in [-0.4, -0.2) is 26.0 Å². The van der Waals surface area contributed by atoms with E-state index in [0.717, 1.165) is 28.2 Å². The first-order valence-electron chi connectivity index (χ1n) is 8.91. The highest BCUT2D eigenvalue weighted by Gasteiger charge is 2.37. The van der Waals surface area contributed by atoms with Gasteiger partial charge in [-0.2, -0.15) is 0 Å². The molecule has 0 bridgehead atoms. The van der Waals surface area contributed by atoms with E-state index in [-0.39, 0.29) is 11.9 Å². The van der Waals surface area contributed by atoms with Gasteiger partial charge in [0.2, 0.25) is 11.1 Å². The Kier molecular flexibility index (Phi) is 5.03. The van der Waals surface area contributed by atoms with Crippen molar-refractivity contribution < 1.29 is 4.79 Å². The topological polar surface area (TPSA) is 71.8 Å². The molecule has 2 heterocycles. The smallest absolute Gasteiger partial charge is 0.240 e. The van der Waals surface area contributed by atoms with Gasteiger partial charge in [-0.1, -0.05) is 47.6 Å². The number of carbonyl (C=O) groups is 1. The average Bonchev–Trinajstić information content (AvgIpc) is 3.04. The third kappa shape index (κ3) is 3.59. The van der Waals surface area contributed by atoms with Crippen molar-refractivity contribution in [3.8, 4) is 0 Å². The second-order valence-electron chi connectivity index (χ2n) is 6.87. The largest absolute Gasteiger partial charge is 0.325 e. The SMILES string of the molecule is Cc1ccc(C)c(NC(=O)C2Sc3nnc(C)n3NC2c2ccc(Cl)cc2)c1. The summed E-state index contributed by atoms with van der Waals surface area (Å²) in [6, 6.07) is 13.3. The number of nitrogens with zero attached hydrogens (tertiary/aromatic N) is 3. The highest BCUT2D eigenvalue weighted by Crippen LogP contribution is 2.38. The van der Waals surface area contributed by atoms with Crippen LogP contribution in [0.4, 0.5) is 5.69 Å². The maximum Gasteiger partial charge on any atom is 0.240 e. The van der Waals surface area contributed by atoms with Gasteiger partial charge in [-0.15, -0.1) is 10.2 Å². The number of halogens is 1. The number of aromatic nitrogens is 3. The van der Waals surface area contributed by atoms with Crippen molar-refractivity contribution >= 4 is 35.0 Å². The molecule has 2 N–H and O–H groups in total. The van der Waals surface area contributed by atoms with Crippen molar-refractivity contribution in [3.05, 3.63) is 70.0 Å². The van der Waals surface area contributed by atoms with Crippen LogP contribution in [0, 0.1) is 20.8 Å². The first kappa shape index (κ1) is 18.8. The third-order valence-corrected chi connectivity index (χ3v) is 6.20. The molecule has 2 atom stereocenters. The molecule has 0 fully saturated rings. The fraction of sp³-hybridized carbons (Fsp3) is 0.250. The summed E-state index contributed by atoms with van der Waals surface area (Å²) in [6.07, 6.45) is 0. The Balaban J connectivity index is 1.68. The van der Waals surface area contributed by atoms with Gasteiger partial charge in [0.05, 0.1) is 6.04 Å². The van der Waals surface area contributed by atoms with Crippen molar-refractivity contribution in [2.45, 2.75) is 37.2 Å². The van der Waals surface area contributed by atoms with Crippen LogP contribution in [0.3, 0.4) is 0 Å². The van der Waals surface area contributed by atoms with E-state index >= 15 is 0 Å². The molecule has 0 radical (unpaired) electrons. The predicted octanol–water partition coefficient (Wildman–Crippen LogP) is 4.25. The Hall–Kier alpha value is -2.51. The van der Waals surface area contributed by atoms with Crippen molar-refractivity contribution in [2.75, 3.05) is 10.7 Å². The first-order chi connectivity index (χ1) is 13.4.